The molecular formula is C13H16BrN3O3S. The van der Waals surface area contributed by atoms with Gasteiger partial charge in [0.2, 0.25) is 10.0 Å². The summed E-state index contributed by atoms with van der Waals surface area (Å²) in [7, 11) is -3.73. The van der Waals surface area contributed by atoms with Gasteiger partial charge < -0.3 is 10.3 Å². The van der Waals surface area contributed by atoms with E-state index in [-0.39, 0.29) is 10.6 Å². The maximum Gasteiger partial charge on any atom is 0.243 e. The summed E-state index contributed by atoms with van der Waals surface area (Å²) in [5, 5.41) is 3.83. The summed E-state index contributed by atoms with van der Waals surface area (Å²) in [6.45, 7) is 5.25. The lowest BCUT2D eigenvalue weighted by Gasteiger charge is -2.15. The zero-order valence-corrected chi connectivity index (χ0v) is 14.2. The van der Waals surface area contributed by atoms with Crippen LogP contribution >= 0.6 is 15.9 Å². The van der Waals surface area contributed by atoms with Crippen molar-refractivity contribution in [2.24, 2.45) is 0 Å². The lowest BCUT2D eigenvalue weighted by atomic mass is 10.1. The molecule has 114 valence electrons. The number of rotatable bonds is 4. The normalized spacial score (nSPS) is 13.3. The van der Waals surface area contributed by atoms with Gasteiger partial charge in [0.05, 0.1) is 11.4 Å². The van der Waals surface area contributed by atoms with Gasteiger partial charge in [-0.15, -0.1) is 0 Å². The Morgan fingerprint density at radius 2 is 2.05 bits per heavy atom. The summed E-state index contributed by atoms with van der Waals surface area (Å²) >= 11 is 3.25. The molecule has 1 aromatic heterocycles. The molecule has 0 radical (unpaired) electrons. The number of sulfonamides is 1. The predicted molar refractivity (Wildman–Crippen MR) is 83.3 cm³/mol. The molecule has 6 nitrogen and oxygen atoms in total. The molecule has 0 aliphatic heterocycles. The molecule has 1 aromatic carbocycles. The van der Waals surface area contributed by atoms with Gasteiger partial charge in [-0.25, -0.2) is 13.1 Å². The second-order valence-corrected chi connectivity index (χ2v) is 7.36. The highest BCUT2D eigenvalue weighted by Crippen LogP contribution is 2.26. The van der Waals surface area contributed by atoms with E-state index in [1.165, 1.54) is 6.07 Å². The number of hydrogen-bond acceptors (Lipinski definition) is 5. The summed E-state index contributed by atoms with van der Waals surface area (Å²) in [6, 6.07) is 4.17. The molecule has 0 spiro atoms. The molecular weight excluding hydrogens is 358 g/mol. The van der Waals surface area contributed by atoms with Crippen molar-refractivity contribution in [3.63, 3.8) is 0 Å². The molecule has 0 aliphatic carbocycles. The van der Waals surface area contributed by atoms with Gasteiger partial charge in [0.25, 0.3) is 0 Å². The van der Waals surface area contributed by atoms with Crippen LogP contribution in [0.4, 0.5) is 5.69 Å². The third-order valence-electron chi connectivity index (χ3n) is 3.11. The summed E-state index contributed by atoms with van der Waals surface area (Å²) < 4.78 is 33.2. The van der Waals surface area contributed by atoms with E-state index in [9.17, 15) is 8.42 Å². The molecule has 1 unspecified atom stereocenters. The van der Waals surface area contributed by atoms with Gasteiger partial charge in [-0.1, -0.05) is 21.1 Å². The quantitative estimate of drug-likeness (QED) is 0.802. The highest BCUT2D eigenvalue weighted by molar-refractivity contribution is 9.10. The number of nitrogens with zero attached hydrogens (tertiary/aromatic N) is 1. The Hall–Kier alpha value is -1.38. The number of hydrogen-bond donors (Lipinski definition) is 2. The smallest absolute Gasteiger partial charge is 0.243 e. The fourth-order valence-corrected chi connectivity index (χ4v) is 3.93. The minimum Gasteiger partial charge on any atom is -0.398 e. The molecule has 0 bridgehead atoms. The monoisotopic (exact) mass is 373 g/mol. The molecule has 0 fully saturated rings. The predicted octanol–water partition coefficient (Wildman–Crippen LogP) is 2.68. The number of aromatic nitrogens is 1. The lowest BCUT2D eigenvalue weighted by Crippen LogP contribution is -2.28. The molecule has 0 saturated heterocycles. The number of anilines is 1. The van der Waals surface area contributed by atoms with Crippen LogP contribution in [0, 0.1) is 13.8 Å². The molecule has 21 heavy (non-hydrogen) atoms. The van der Waals surface area contributed by atoms with Crippen LogP contribution in [-0.4, -0.2) is 13.6 Å². The Bertz CT molecular complexity index is 751. The number of nitrogens with one attached hydrogen (secondary N) is 1. The standard InChI is InChI=1S/C13H16BrN3O3S/c1-7-13(9(3)20-16-7)8(2)17-21(18,19)12-5-4-10(14)6-11(12)15/h4-6,8,17H,15H2,1-3H3. The number of nitrogen functional groups attached to an aromatic ring is 1. The van der Waals surface area contributed by atoms with Crippen molar-refractivity contribution in [3.8, 4) is 0 Å². The van der Waals surface area contributed by atoms with Crippen LogP contribution in [0.5, 0.6) is 0 Å². The first-order chi connectivity index (χ1) is 9.72. The van der Waals surface area contributed by atoms with E-state index in [2.05, 4.69) is 25.8 Å². The zero-order chi connectivity index (χ0) is 15.8. The first kappa shape index (κ1) is 16.0. The number of halogens is 1. The summed E-state index contributed by atoms with van der Waals surface area (Å²) in [6.07, 6.45) is 0. The van der Waals surface area contributed by atoms with Crippen molar-refractivity contribution in [2.45, 2.75) is 31.7 Å². The van der Waals surface area contributed by atoms with E-state index in [0.29, 0.717) is 11.5 Å². The van der Waals surface area contributed by atoms with Crippen molar-refractivity contribution >= 4 is 31.6 Å². The van der Waals surface area contributed by atoms with E-state index < -0.39 is 16.1 Å². The second-order valence-electron chi connectivity index (χ2n) is 4.76. The fraction of sp³-hybridized carbons (Fsp3) is 0.308. The van der Waals surface area contributed by atoms with Crippen LogP contribution in [0.2, 0.25) is 0 Å². The van der Waals surface area contributed by atoms with Crippen LogP contribution in [0.25, 0.3) is 0 Å². The van der Waals surface area contributed by atoms with Crippen molar-refractivity contribution in [3.05, 3.63) is 39.7 Å². The topological polar surface area (TPSA) is 98.2 Å². The maximum atomic E-state index is 12.4. The average Bonchev–Trinajstić information content (AvgIpc) is 2.67. The first-order valence-electron chi connectivity index (χ1n) is 6.22. The van der Waals surface area contributed by atoms with Crippen LogP contribution in [-0.2, 0) is 10.0 Å². The van der Waals surface area contributed by atoms with Crippen LogP contribution < -0.4 is 10.5 Å². The molecule has 2 aromatic rings. The van der Waals surface area contributed by atoms with E-state index in [0.717, 1.165) is 10.0 Å². The maximum absolute atomic E-state index is 12.4. The van der Waals surface area contributed by atoms with Gasteiger partial charge in [-0.3, -0.25) is 0 Å². The third kappa shape index (κ3) is 3.28. The Balaban J connectivity index is 2.33. The summed E-state index contributed by atoms with van der Waals surface area (Å²) in [5.41, 5.74) is 7.35. The van der Waals surface area contributed by atoms with Gasteiger partial charge in [0.15, 0.2) is 0 Å². The van der Waals surface area contributed by atoms with Crippen molar-refractivity contribution in [1.29, 1.82) is 0 Å². The Morgan fingerprint density at radius 1 is 1.38 bits per heavy atom. The minimum atomic E-state index is -3.73. The molecule has 0 aliphatic rings. The van der Waals surface area contributed by atoms with Gasteiger partial charge in [0.1, 0.15) is 10.7 Å². The average molecular weight is 374 g/mol. The number of nitrogens with two attached hydrogens (primary N) is 1. The SMILES string of the molecule is Cc1noc(C)c1C(C)NS(=O)(=O)c1ccc(Br)cc1N. The molecule has 8 heteroatoms. The molecule has 2 rings (SSSR count). The van der Waals surface area contributed by atoms with Crippen molar-refractivity contribution in [2.75, 3.05) is 5.73 Å². The second kappa shape index (κ2) is 5.78. The fourth-order valence-electron chi connectivity index (χ4n) is 2.23. The van der Waals surface area contributed by atoms with Crippen molar-refractivity contribution in [1.82, 2.24) is 9.88 Å². The lowest BCUT2D eigenvalue weighted by molar-refractivity contribution is 0.391. The number of aryl methyl sites for hydroxylation is 2. The van der Waals surface area contributed by atoms with Gasteiger partial charge in [-0.2, -0.15) is 0 Å². The largest absolute Gasteiger partial charge is 0.398 e. The number of benzene rings is 1. The van der Waals surface area contributed by atoms with Gasteiger partial charge in [0, 0.05) is 16.1 Å². The van der Waals surface area contributed by atoms with Crippen molar-refractivity contribution < 1.29 is 12.9 Å². The Kier molecular flexibility index (Phi) is 4.40. The summed E-state index contributed by atoms with van der Waals surface area (Å²) in [5.74, 6) is 0.589. The van der Waals surface area contributed by atoms with E-state index in [1.807, 2.05) is 0 Å². The van der Waals surface area contributed by atoms with Gasteiger partial charge >= 0.3 is 0 Å². The minimum absolute atomic E-state index is 0.0457. The highest BCUT2D eigenvalue weighted by Gasteiger charge is 2.24. The zero-order valence-electron chi connectivity index (χ0n) is 11.8. The summed E-state index contributed by atoms with van der Waals surface area (Å²) in [4.78, 5) is 0.0457. The molecule has 1 atom stereocenters. The van der Waals surface area contributed by atoms with Gasteiger partial charge in [-0.05, 0) is 39.0 Å². The first-order valence-corrected chi connectivity index (χ1v) is 8.50. The Morgan fingerprint density at radius 3 is 2.57 bits per heavy atom. The van der Waals surface area contributed by atoms with E-state index in [1.54, 1.807) is 32.9 Å². The molecule has 3 N–H and O–H groups in total. The molecule has 0 saturated carbocycles. The van der Waals surface area contributed by atoms with E-state index in [4.69, 9.17) is 10.3 Å². The van der Waals surface area contributed by atoms with Crippen LogP contribution in [0.3, 0.4) is 0 Å². The highest BCUT2D eigenvalue weighted by atomic mass is 79.9. The van der Waals surface area contributed by atoms with Crippen LogP contribution in [0.1, 0.15) is 30.0 Å². The molecule has 0 amide bonds. The van der Waals surface area contributed by atoms with E-state index >= 15 is 0 Å². The third-order valence-corrected chi connectivity index (χ3v) is 5.22. The molecule has 1 heterocycles. The van der Waals surface area contributed by atoms with Crippen LogP contribution in [0.15, 0.2) is 32.1 Å². The Labute approximate surface area is 131 Å².